The summed E-state index contributed by atoms with van der Waals surface area (Å²) < 4.78 is 39.6. The molecule has 1 aliphatic heterocycles. The lowest BCUT2D eigenvalue weighted by molar-refractivity contribution is -0.140. The van der Waals surface area contributed by atoms with Crippen molar-refractivity contribution in [2.24, 2.45) is 0 Å². The van der Waals surface area contributed by atoms with Crippen molar-refractivity contribution in [3.8, 4) is 0 Å². The number of hydrogen-bond donors (Lipinski definition) is 1. The average Bonchev–Trinajstić information content (AvgIpc) is 3.01. The number of carbonyl (C=O) groups is 3. The van der Waals surface area contributed by atoms with Crippen molar-refractivity contribution in [1.29, 1.82) is 0 Å². The Kier molecular flexibility index (Phi) is 7.71. The highest BCUT2D eigenvalue weighted by Crippen LogP contribution is 2.30. The highest BCUT2D eigenvalue weighted by atomic mass is 32.2. The van der Waals surface area contributed by atoms with Crippen LogP contribution < -0.4 is 5.32 Å². The molecule has 0 unspecified atom stereocenters. The number of rotatable bonds is 9. The molecule has 1 aliphatic rings. The lowest BCUT2D eigenvalue weighted by Gasteiger charge is -2.30. The predicted molar refractivity (Wildman–Crippen MR) is 124 cm³/mol. The average molecular weight is 490 g/mol. The molecule has 0 saturated carbocycles. The molecule has 10 heteroatoms. The van der Waals surface area contributed by atoms with Gasteiger partial charge in [0.05, 0.1) is 5.56 Å². The maximum absolute atomic E-state index is 13.3. The molecule has 3 rings (SSSR count). The van der Waals surface area contributed by atoms with Crippen LogP contribution in [0.25, 0.3) is 0 Å². The fraction of sp³-hybridized carbons (Fsp3) is 0.375. The van der Waals surface area contributed by atoms with Crippen LogP contribution in [0.5, 0.6) is 0 Å². The van der Waals surface area contributed by atoms with Crippen LogP contribution in [0.15, 0.2) is 53.4 Å². The van der Waals surface area contributed by atoms with Gasteiger partial charge in [-0.25, -0.2) is 17.1 Å². The topological polar surface area (TPSA) is 104 Å². The van der Waals surface area contributed by atoms with Gasteiger partial charge < -0.3 is 10.2 Å². The summed E-state index contributed by atoms with van der Waals surface area (Å²) >= 11 is 0. The van der Waals surface area contributed by atoms with E-state index >= 15 is 0 Å². The number of hydrogen-bond acceptors (Lipinski definition) is 5. The molecule has 1 heterocycles. The van der Waals surface area contributed by atoms with Gasteiger partial charge in [-0.1, -0.05) is 31.2 Å². The third-order valence-corrected chi connectivity index (χ3v) is 7.72. The number of amides is 3. The van der Waals surface area contributed by atoms with Crippen LogP contribution in [0.1, 0.15) is 49.5 Å². The van der Waals surface area contributed by atoms with E-state index in [4.69, 9.17) is 0 Å². The second-order valence-electron chi connectivity index (χ2n) is 8.27. The minimum absolute atomic E-state index is 0.0229. The first kappa shape index (κ1) is 25.4. The van der Waals surface area contributed by atoms with E-state index in [1.807, 2.05) is 13.8 Å². The molecule has 2 aromatic carbocycles. The van der Waals surface area contributed by atoms with Gasteiger partial charge in [0.15, 0.2) is 0 Å². The van der Waals surface area contributed by atoms with E-state index in [9.17, 15) is 27.2 Å². The fourth-order valence-electron chi connectivity index (χ4n) is 3.63. The van der Waals surface area contributed by atoms with Crippen molar-refractivity contribution in [2.75, 3.05) is 6.54 Å². The summed E-state index contributed by atoms with van der Waals surface area (Å²) in [4.78, 5) is 39.8. The lowest BCUT2D eigenvalue weighted by Crippen LogP contribution is -2.50. The Bertz CT molecular complexity index is 1180. The Morgan fingerprint density at radius 2 is 1.74 bits per heavy atom. The number of halogens is 1. The first-order chi connectivity index (χ1) is 16.1. The molecule has 34 heavy (non-hydrogen) atoms. The molecule has 0 bridgehead atoms. The van der Waals surface area contributed by atoms with Crippen LogP contribution in [0.4, 0.5) is 4.39 Å². The van der Waals surface area contributed by atoms with E-state index in [1.165, 1.54) is 47.4 Å². The maximum atomic E-state index is 13.3. The standard InChI is InChI=1S/C24H28FN3O5S/c1-4-16(2)26-23(30)17(3)27(15-18-9-11-19(25)12-10-18)22(29)13-14-28-24(31)20-7-5-6-8-21(20)34(28,32)33/h5-12,16-17H,4,13-15H2,1-3H3,(H,26,30)/t16-,17+/m1/s1. The molecular formula is C24H28FN3O5S. The van der Waals surface area contributed by atoms with Crippen molar-refractivity contribution in [2.45, 2.75) is 57.1 Å². The smallest absolute Gasteiger partial charge is 0.269 e. The second-order valence-corrected chi connectivity index (χ2v) is 10.1. The molecule has 2 atom stereocenters. The van der Waals surface area contributed by atoms with Crippen molar-refractivity contribution < 1.29 is 27.2 Å². The normalized spacial score (nSPS) is 16.0. The fourth-order valence-corrected chi connectivity index (χ4v) is 5.20. The monoisotopic (exact) mass is 489 g/mol. The van der Waals surface area contributed by atoms with Gasteiger partial charge in [0, 0.05) is 25.6 Å². The molecule has 0 saturated heterocycles. The molecule has 1 N–H and O–H groups in total. The van der Waals surface area contributed by atoms with Crippen molar-refractivity contribution in [3.63, 3.8) is 0 Å². The van der Waals surface area contributed by atoms with Gasteiger partial charge in [0.2, 0.25) is 11.8 Å². The molecule has 0 radical (unpaired) electrons. The molecule has 0 aliphatic carbocycles. The maximum Gasteiger partial charge on any atom is 0.269 e. The molecule has 0 fully saturated rings. The summed E-state index contributed by atoms with van der Waals surface area (Å²) in [6.45, 7) is 5.01. The third kappa shape index (κ3) is 5.27. The highest BCUT2D eigenvalue weighted by molar-refractivity contribution is 7.90. The Labute approximate surface area is 198 Å². The highest BCUT2D eigenvalue weighted by Gasteiger charge is 2.41. The van der Waals surface area contributed by atoms with E-state index in [0.717, 1.165) is 0 Å². The Balaban J connectivity index is 1.79. The summed E-state index contributed by atoms with van der Waals surface area (Å²) in [6, 6.07) is 10.5. The first-order valence-electron chi connectivity index (χ1n) is 11.1. The summed E-state index contributed by atoms with van der Waals surface area (Å²) in [5, 5.41) is 2.84. The van der Waals surface area contributed by atoms with E-state index in [1.54, 1.807) is 13.0 Å². The van der Waals surface area contributed by atoms with Gasteiger partial charge in [-0.2, -0.15) is 0 Å². The summed E-state index contributed by atoms with van der Waals surface area (Å²) in [7, 11) is -4.04. The molecule has 3 amide bonds. The molecule has 182 valence electrons. The van der Waals surface area contributed by atoms with Crippen LogP contribution >= 0.6 is 0 Å². The summed E-state index contributed by atoms with van der Waals surface area (Å²) in [6.07, 6.45) is 0.404. The number of nitrogens with zero attached hydrogens (tertiary/aromatic N) is 2. The Morgan fingerprint density at radius 1 is 1.09 bits per heavy atom. The Hall–Kier alpha value is -3.27. The lowest BCUT2D eigenvalue weighted by atomic mass is 10.1. The van der Waals surface area contributed by atoms with Gasteiger partial charge in [0.25, 0.3) is 15.9 Å². The van der Waals surface area contributed by atoms with Crippen LogP contribution in [0.2, 0.25) is 0 Å². The number of carbonyl (C=O) groups excluding carboxylic acids is 3. The van der Waals surface area contributed by atoms with Gasteiger partial charge in [-0.3, -0.25) is 14.4 Å². The molecule has 2 aromatic rings. The van der Waals surface area contributed by atoms with E-state index in [0.29, 0.717) is 16.3 Å². The van der Waals surface area contributed by atoms with E-state index in [2.05, 4.69) is 5.32 Å². The Morgan fingerprint density at radius 3 is 2.35 bits per heavy atom. The molecule has 0 spiro atoms. The van der Waals surface area contributed by atoms with Crippen molar-refractivity contribution in [1.82, 2.24) is 14.5 Å². The summed E-state index contributed by atoms with van der Waals surface area (Å²) in [5.41, 5.74) is 0.676. The van der Waals surface area contributed by atoms with Gasteiger partial charge in [-0.05, 0) is 50.1 Å². The van der Waals surface area contributed by atoms with Crippen LogP contribution in [-0.2, 0) is 26.2 Å². The minimum atomic E-state index is -4.04. The zero-order chi connectivity index (χ0) is 25.0. The molecule has 0 aromatic heterocycles. The third-order valence-electron chi connectivity index (χ3n) is 5.88. The zero-order valence-corrected chi connectivity index (χ0v) is 20.1. The molecule has 8 nitrogen and oxygen atoms in total. The van der Waals surface area contributed by atoms with Crippen LogP contribution in [0.3, 0.4) is 0 Å². The van der Waals surface area contributed by atoms with Gasteiger partial charge in [0.1, 0.15) is 16.8 Å². The summed E-state index contributed by atoms with van der Waals surface area (Å²) in [5.74, 6) is -1.98. The quantitative estimate of drug-likeness (QED) is 0.583. The zero-order valence-electron chi connectivity index (χ0n) is 19.3. The molecular weight excluding hydrogens is 461 g/mol. The van der Waals surface area contributed by atoms with Crippen molar-refractivity contribution in [3.05, 3.63) is 65.5 Å². The van der Waals surface area contributed by atoms with Crippen molar-refractivity contribution >= 4 is 27.7 Å². The number of nitrogens with one attached hydrogen (secondary N) is 1. The van der Waals surface area contributed by atoms with Gasteiger partial charge >= 0.3 is 0 Å². The van der Waals surface area contributed by atoms with Crippen LogP contribution in [-0.4, -0.2) is 54.0 Å². The van der Waals surface area contributed by atoms with E-state index in [-0.39, 0.29) is 41.9 Å². The SMILES string of the molecule is CC[C@@H](C)NC(=O)[C@H](C)N(Cc1ccc(F)cc1)C(=O)CCN1C(=O)c2ccccc2S1(=O)=O. The first-order valence-corrected chi connectivity index (χ1v) is 12.5. The number of benzene rings is 2. The minimum Gasteiger partial charge on any atom is -0.352 e. The number of sulfonamides is 1. The second kappa shape index (κ2) is 10.3. The van der Waals surface area contributed by atoms with E-state index < -0.39 is 33.7 Å². The largest absolute Gasteiger partial charge is 0.352 e. The number of fused-ring (bicyclic) bond motifs is 1. The van der Waals surface area contributed by atoms with Crippen LogP contribution in [0, 0.1) is 5.82 Å². The van der Waals surface area contributed by atoms with Gasteiger partial charge in [-0.15, -0.1) is 0 Å². The predicted octanol–water partition coefficient (Wildman–Crippen LogP) is 2.69.